The van der Waals surface area contributed by atoms with Gasteiger partial charge in [-0.3, -0.25) is 9.59 Å². The summed E-state index contributed by atoms with van der Waals surface area (Å²) in [6, 6.07) is 3.85. The Morgan fingerprint density at radius 1 is 1.21 bits per heavy atom. The molecule has 2 amide bonds. The van der Waals surface area contributed by atoms with Crippen LogP contribution in [0, 0.1) is 0 Å². The van der Waals surface area contributed by atoms with E-state index in [0.29, 0.717) is 44.1 Å². The molecule has 0 radical (unpaired) electrons. The van der Waals surface area contributed by atoms with Gasteiger partial charge in [-0.2, -0.15) is 0 Å². The number of hydrogen-bond donors (Lipinski definition) is 3. The Labute approximate surface area is 192 Å². The number of hydrogen-bond acceptors (Lipinski definition) is 8. The minimum absolute atomic E-state index is 0.00736. The third-order valence-electron chi connectivity index (χ3n) is 5.87. The van der Waals surface area contributed by atoms with Gasteiger partial charge in [-0.05, 0) is 31.5 Å². The van der Waals surface area contributed by atoms with Crippen molar-refractivity contribution in [1.82, 2.24) is 14.9 Å². The Kier molecular flexibility index (Phi) is 6.45. The number of nitrogens with zero attached hydrogens (tertiary/aromatic N) is 4. The second kappa shape index (κ2) is 9.45. The fourth-order valence-electron chi connectivity index (χ4n) is 3.99. The molecule has 174 valence electrons. The number of carbonyl (C=O) groups excluding carboxylic acids is 2. The lowest BCUT2D eigenvalue weighted by molar-refractivity contribution is -0.111. The zero-order chi connectivity index (χ0) is 23.5. The van der Waals surface area contributed by atoms with Crippen molar-refractivity contribution in [2.75, 3.05) is 48.9 Å². The van der Waals surface area contributed by atoms with Crippen LogP contribution >= 0.6 is 0 Å². The van der Waals surface area contributed by atoms with Crippen LogP contribution in [0.2, 0.25) is 0 Å². The lowest BCUT2D eigenvalue weighted by Crippen LogP contribution is -2.37. The van der Waals surface area contributed by atoms with Crippen molar-refractivity contribution >= 4 is 34.4 Å². The van der Waals surface area contributed by atoms with Crippen LogP contribution in [0.15, 0.2) is 30.7 Å². The summed E-state index contributed by atoms with van der Waals surface area (Å²) >= 11 is 0. The molecule has 10 nitrogen and oxygen atoms in total. The summed E-state index contributed by atoms with van der Waals surface area (Å²) in [5.74, 6) is -0.189. The van der Waals surface area contributed by atoms with E-state index in [1.807, 2.05) is 30.9 Å². The predicted octanol–water partition coefficient (Wildman–Crippen LogP) is 1.66. The number of morpholine rings is 1. The van der Waals surface area contributed by atoms with Gasteiger partial charge in [0.25, 0.3) is 11.8 Å². The van der Waals surface area contributed by atoms with E-state index < -0.39 is 5.91 Å². The Bertz CT molecular complexity index is 1080. The highest BCUT2D eigenvalue weighted by Gasteiger charge is 2.32. The van der Waals surface area contributed by atoms with E-state index in [1.54, 1.807) is 19.4 Å². The molecule has 1 aromatic heterocycles. The summed E-state index contributed by atoms with van der Waals surface area (Å²) in [6.45, 7) is 6.98. The Balaban J connectivity index is 1.67. The van der Waals surface area contributed by atoms with Gasteiger partial charge >= 0.3 is 0 Å². The van der Waals surface area contributed by atoms with Gasteiger partial charge in [0.1, 0.15) is 0 Å². The maximum atomic E-state index is 13.2. The molecule has 2 aliphatic heterocycles. The van der Waals surface area contributed by atoms with Gasteiger partial charge in [0.15, 0.2) is 5.82 Å². The van der Waals surface area contributed by atoms with Gasteiger partial charge in [0.05, 0.1) is 48.2 Å². The van der Waals surface area contributed by atoms with E-state index in [9.17, 15) is 9.59 Å². The highest BCUT2D eigenvalue weighted by Crippen LogP contribution is 2.36. The highest BCUT2D eigenvalue weighted by molar-refractivity contribution is 6.25. The number of ether oxygens (including phenoxy) is 1. The van der Waals surface area contributed by atoms with Crippen LogP contribution in [-0.4, -0.2) is 66.1 Å². The van der Waals surface area contributed by atoms with E-state index in [2.05, 4.69) is 25.5 Å². The molecule has 1 saturated heterocycles. The molecule has 3 heterocycles. The quantitative estimate of drug-likeness (QED) is 0.566. The average molecular weight is 452 g/mol. The van der Waals surface area contributed by atoms with Gasteiger partial charge < -0.3 is 30.9 Å². The molecule has 0 atom stereocenters. The Morgan fingerprint density at radius 2 is 1.91 bits per heavy atom. The number of nitrogens with one attached hydrogen (secondary N) is 2. The van der Waals surface area contributed by atoms with Gasteiger partial charge in [-0.1, -0.05) is 0 Å². The lowest BCUT2D eigenvalue weighted by atomic mass is 10.1. The molecule has 0 saturated carbocycles. The van der Waals surface area contributed by atoms with E-state index in [0.717, 1.165) is 16.9 Å². The highest BCUT2D eigenvalue weighted by atomic mass is 16.5. The second-order valence-corrected chi connectivity index (χ2v) is 8.23. The van der Waals surface area contributed by atoms with Crippen LogP contribution in [0.3, 0.4) is 0 Å². The lowest BCUT2D eigenvalue weighted by Gasteiger charge is -2.31. The van der Waals surface area contributed by atoms with Crippen LogP contribution in [0.1, 0.15) is 35.6 Å². The molecule has 4 rings (SSSR count). The van der Waals surface area contributed by atoms with Crippen LogP contribution in [0.25, 0.3) is 5.57 Å². The molecular weight excluding hydrogens is 422 g/mol. The molecule has 33 heavy (non-hydrogen) atoms. The standard InChI is InChI=1S/C23H29N7O3/c1-14(2)30-13-15-8-19(20(9-17(15)23(30)32)29-4-6-33-7-5-29)28-22(31)18(10-24)21-26-11-16(25-3)12-27-21/h8-12,14,25H,4-7,13,24H2,1-3H3,(H,28,31). The predicted molar refractivity (Wildman–Crippen MR) is 127 cm³/mol. The molecule has 2 aromatic rings. The normalized spacial score (nSPS) is 16.2. The minimum Gasteiger partial charge on any atom is -0.404 e. The van der Waals surface area contributed by atoms with Crippen LogP contribution in [0.5, 0.6) is 0 Å². The number of rotatable bonds is 6. The first-order chi connectivity index (χ1) is 15.9. The van der Waals surface area contributed by atoms with Gasteiger partial charge in [0, 0.05) is 44.5 Å². The molecule has 10 heteroatoms. The molecule has 0 bridgehead atoms. The third kappa shape index (κ3) is 4.47. The van der Waals surface area contributed by atoms with Crippen LogP contribution in [-0.2, 0) is 16.1 Å². The maximum Gasteiger partial charge on any atom is 0.261 e. The first-order valence-corrected chi connectivity index (χ1v) is 11.0. The summed E-state index contributed by atoms with van der Waals surface area (Å²) in [5.41, 5.74) is 9.61. The number of amides is 2. The van der Waals surface area contributed by atoms with Crippen molar-refractivity contribution in [3.63, 3.8) is 0 Å². The molecule has 2 aliphatic rings. The number of fused-ring (bicyclic) bond motifs is 1. The summed E-state index contributed by atoms with van der Waals surface area (Å²) in [6.07, 6.45) is 4.37. The topological polar surface area (TPSA) is 126 Å². The van der Waals surface area contributed by atoms with Gasteiger partial charge in [-0.15, -0.1) is 0 Å². The van der Waals surface area contributed by atoms with E-state index in [1.165, 1.54) is 6.20 Å². The smallest absolute Gasteiger partial charge is 0.261 e. The zero-order valence-corrected chi connectivity index (χ0v) is 19.1. The Morgan fingerprint density at radius 3 is 2.52 bits per heavy atom. The number of aromatic nitrogens is 2. The summed E-state index contributed by atoms with van der Waals surface area (Å²) in [7, 11) is 1.76. The maximum absolute atomic E-state index is 13.2. The molecule has 0 unspecified atom stereocenters. The molecule has 0 spiro atoms. The Hall–Kier alpha value is -3.66. The first-order valence-electron chi connectivity index (χ1n) is 11.0. The van der Waals surface area contributed by atoms with Crippen molar-refractivity contribution in [3.05, 3.63) is 47.7 Å². The average Bonchev–Trinajstić information content (AvgIpc) is 3.15. The van der Waals surface area contributed by atoms with Gasteiger partial charge in [-0.25, -0.2) is 9.97 Å². The third-order valence-corrected chi connectivity index (χ3v) is 5.87. The molecule has 1 fully saturated rings. The summed E-state index contributed by atoms with van der Waals surface area (Å²) < 4.78 is 5.49. The van der Waals surface area contributed by atoms with Crippen LogP contribution in [0.4, 0.5) is 17.1 Å². The SMILES string of the molecule is CNc1cnc(C(=CN)C(=O)Nc2cc3c(cc2N2CCOCC2)C(=O)N(C(C)C)C3)nc1. The minimum atomic E-state index is -0.422. The second-order valence-electron chi connectivity index (χ2n) is 8.23. The number of carbonyl (C=O) groups is 2. The van der Waals surface area contributed by atoms with Gasteiger partial charge in [0.2, 0.25) is 0 Å². The fourth-order valence-corrected chi connectivity index (χ4v) is 3.99. The summed E-state index contributed by atoms with van der Waals surface area (Å²) in [5, 5.41) is 5.92. The van der Waals surface area contributed by atoms with Crippen molar-refractivity contribution < 1.29 is 14.3 Å². The summed E-state index contributed by atoms with van der Waals surface area (Å²) in [4.78, 5) is 38.5. The monoisotopic (exact) mass is 451 g/mol. The van der Waals surface area contributed by atoms with Crippen molar-refractivity contribution in [2.24, 2.45) is 5.73 Å². The largest absolute Gasteiger partial charge is 0.404 e. The fraction of sp³-hybridized carbons (Fsp3) is 0.391. The van der Waals surface area contributed by atoms with E-state index >= 15 is 0 Å². The number of benzene rings is 1. The molecule has 1 aromatic carbocycles. The number of nitrogens with two attached hydrogens (primary N) is 1. The molecular formula is C23H29N7O3. The van der Waals surface area contributed by atoms with E-state index in [4.69, 9.17) is 10.5 Å². The molecule has 4 N–H and O–H groups in total. The van der Waals surface area contributed by atoms with Crippen molar-refractivity contribution in [1.29, 1.82) is 0 Å². The first kappa shape index (κ1) is 22.5. The zero-order valence-electron chi connectivity index (χ0n) is 19.1. The van der Waals surface area contributed by atoms with Crippen molar-refractivity contribution in [2.45, 2.75) is 26.4 Å². The molecule has 0 aliphatic carbocycles. The van der Waals surface area contributed by atoms with Crippen molar-refractivity contribution in [3.8, 4) is 0 Å². The van der Waals surface area contributed by atoms with Crippen LogP contribution < -0.4 is 21.3 Å². The van der Waals surface area contributed by atoms with E-state index in [-0.39, 0.29) is 23.3 Å². The number of anilines is 3.